The summed E-state index contributed by atoms with van der Waals surface area (Å²) in [6, 6.07) is 3.52. The number of carbonyl (C=O) groups is 1. The molecular formula is C11H4Cl2N2O2S. The largest absolute Gasteiger partial charge is 0.478 e. The highest BCUT2D eigenvalue weighted by Gasteiger charge is 2.16. The Hall–Kier alpha value is -1.43. The summed E-state index contributed by atoms with van der Waals surface area (Å²) in [5.41, 5.74) is 1.28. The van der Waals surface area contributed by atoms with Crippen molar-refractivity contribution in [2.45, 2.75) is 0 Å². The minimum absolute atomic E-state index is 0.0267. The van der Waals surface area contributed by atoms with Crippen LogP contribution in [0.25, 0.3) is 21.1 Å². The number of fused-ring (bicyclic) bond motifs is 3. The molecule has 2 aromatic heterocycles. The van der Waals surface area contributed by atoms with Gasteiger partial charge in [0.05, 0.1) is 26.3 Å². The quantitative estimate of drug-likeness (QED) is 0.741. The minimum Gasteiger partial charge on any atom is -0.478 e. The number of rotatable bonds is 1. The smallest absolute Gasteiger partial charge is 0.338 e. The van der Waals surface area contributed by atoms with E-state index < -0.39 is 5.97 Å². The van der Waals surface area contributed by atoms with Crippen molar-refractivity contribution in [3.63, 3.8) is 0 Å². The third-order valence-corrected chi connectivity index (χ3v) is 4.11. The molecule has 3 rings (SSSR count). The van der Waals surface area contributed by atoms with E-state index in [0.717, 1.165) is 4.70 Å². The zero-order valence-electron chi connectivity index (χ0n) is 8.65. The van der Waals surface area contributed by atoms with Crippen molar-refractivity contribution in [2.75, 3.05) is 0 Å². The number of halogens is 2. The number of hydrogen-bond donors (Lipinski definition) is 1. The van der Waals surface area contributed by atoms with Crippen molar-refractivity contribution in [1.82, 2.24) is 9.97 Å². The Morgan fingerprint density at radius 1 is 1.28 bits per heavy atom. The lowest BCUT2D eigenvalue weighted by molar-refractivity contribution is 0.0697. The second-order valence-corrected chi connectivity index (χ2v) is 5.52. The van der Waals surface area contributed by atoms with Crippen LogP contribution in [0.2, 0.25) is 9.49 Å². The van der Waals surface area contributed by atoms with Gasteiger partial charge in [-0.15, -0.1) is 11.3 Å². The van der Waals surface area contributed by atoms with Crippen LogP contribution in [-0.2, 0) is 0 Å². The summed E-state index contributed by atoms with van der Waals surface area (Å²) in [5.74, 6) is -1.11. The van der Waals surface area contributed by atoms with E-state index in [4.69, 9.17) is 28.3 Å². The average molecular weight is 299 g/mol. The van der Waals surface area contributed by atoms with E-state index in [1.165, 1.54) is 17.5 Å². The number of aromatic carboxylic acids is 1. The summed E-state index contributed by atoms with van der Waals surface area (Å²) < 4.78 is 1.13. The molecule has 4 nitrogen and oxygen atoms in total. The summed E-state index contributed by atoms with van der Waals surface area (Å²) in [7, 11) is 0. The Bertz CT molecular complexity index is 800. The van der Waals surface area contributed by atoms with Crippen molar-refractivity contribution < 1.29 is 9.90 Å². The lowest BCUT2D eigenvalue weighted by Crippen LogP contribution is -1.99. The van der Waals surface area contributed by atoms with Crippen LogP contribution in [-0.4, -0.2) is 21.0 Å². The third kappa shape index (κ3) is 1.63. The molecule has 0 saturated carbocycles. The molecule has 0 unspecified atom stereocenters. The molecule has 3 aromatic rings. The molecule has 2 heterocycles. The molecule has 0 fully saturated rings. The van der Waals surface area contributed by atoms with E-state index >= 15 is 0 Å². The molecule has 0 saturated heterocycles. The maximum Gasteiger partial charge on any atom is 0.338 e. The van der Waals surface area contributed by atoms with Crippen molar-refractivity contribution in [2.24, 2.45) is 0 Å². The Kier molecular flexibility index (Phi) is 2.62. The Balaban J connectivity index is 2.54. The molecule has 18 heavy (non-hydrogen) atoms. The van der Waals surface area contributed by atoms with Gasteiger partial charge in [0, 0.05) is 11.6 Å². The maximum atomic E-state index is 11.0. The van der Waals surface area contributed by atoms with E-state index in [9.17, 15) is 4.79 Å². The molecular weight excluding hydrogens is 295 g/mol. The van der Waals surface area contributed by atoms with Crippen LogP contribution in [0.15, 0.2) is 18.3 Å². The normalized spacial score (nSPS) is 11.2. The number of benzene rings is 1. The van der Waals surface area contributed by atoms with Crippen molar-refractivity contribution in [3.8, 4) is 0 Å². The summed E-state index contributed by atoms with van der Waals surface area (Å²) in [5, 5.41) is 9.79. The SMILES string of the molecule is O=C(O)c1cnc2ccc3nc(Cl)sc3c2c1Cl. The first-order valence-corrected chi connectivity index (χ1v) is 6.41. The molecule has 0 amide bonds. The van der Waals surface area contributed by atoms with Gasteiger partial charge in [0.15, 0.2) is 4.47 Å². The molecule has 0 aliphatic heterocycles. The van der Waals surface area contributed by atoms with Crippen LogP contribution >= 0.6 is 34.5 Å². The number of aromatic nitrogens is 2. The fourth-order valence-electron chi connectivity index (χ4n) is 1.75. The van der Waals surface area contributed by atoms with Gasteiger partial charge in [-0.05, 0) is 12.1 Å². The molecule has 0 aliphatic rings. The van der Waals surface area contributed by atoms with E-state index in [1.807, 2.05) is 0 Å². The van der Waals surface area contributed by atoms with Gasteiger partial charge in [-0.3, -0.25) is 4.98 Å². The summed E-state index contributed by atoms with van der Waals surface area (Å²) in [6.07, 6.45) is 1.25. The first-order valence-electron chi connectivity index (χ1n) is 4.84. The first kappa shape index (κ1) is 11.6. The lowest BCUT2D eigenvalue weighted by atomic mass is 10.1. The molecule has 0 radical (unpaired) electrons. The molecule has 90 valence electrons. The summed E-state index contributed by atoms with van der Waals surface area (Å²) in [4.78, 5) is 19.3. The predicted octanol–water partition coefficient (Wildman–Crippen LogP) is 3.85. The molecule has 0 aliphatic carbocycles. The second-order valence-electron chi connectivity index (χ2n) is 3.57. The average Bonchev–Trinajstić information content (AvgIpc) is 2.68. The van der Waals surface area contributed by atoms with E-state index in [2.05, 4.69) is 9.97 Å². The highest BCUT2D eigenvalue weighted by molar-refractivity contribution is 7.23. The van der Waals surface area contributed by atoms with Gasteiger partial charge in [0.2, 0.25) is 0 Å². The zero-order valence-corrected chi connectivity index (χ0v) is 11.0. The van der Waals surface area contributed by atoms with Crippen molar-refractivity contribution in [3.05, 3.63) is 33.4 Å². The molecule has 7 heteroatoms. The second kappa shape index (κ2) is 4.05. The van der Waals surface area contributed by atoms with Crippen LogP contribution in [0, 0.1) is 0 Å². The van der Waals surface area contributed by atoms with Crippen LogP contribution < -0.4 is 0 Å². The number of nitrogens with zero attached hydrogens (tertiary/aromatic N) is 2. The van der Waals surface area contributed by atoms with Crippen LogP contribution in [0.3, 0.4) is 0 Å². The van der Waals surface area contributed by atoms with Crippen LogP contribution in [0.4, 0.5) is 0 Å². The molecule has 0 bridgehead atoms. The molecule has 1 N–H and O–H groups in total. The van der Waals surface area contributed by atoms with Crippen molar-refractivity contribution in [1.29, 1.82) is 0 Å². The Labute approximate surface area is 115 Å². The number of carboxylic acids is 1. The monoisotopic (exact) mass is 298 g/mol. The molecule has 0 atom stereocenters. The zero-order chi connectivity index (χ0) is 12.9. The third-order valence-electron chi connectivity index (χ3n) is 2.53. The lowest BCUT2D eigenvalue weighted by Gasteiger charge is -2.03. The van der Waals surface area contributed by atoms with Crippen LogP contribution in [0.5, 0.6) is 0 Å². The standard InChI is InChI=1S/C11H4Cl2N2O2S/c12-8-4(10(16)17)3-14-5-1-2-6-9(7(5)8)18-11(13)15-6/h1-3H,(H,16,17). The number of thiazole rings is 1. The maximum absolute atomic E-state index is 11.0. The fraction of sp³-hybridized carbons (Fsp3) is 0. The first-order chi connectivity index (χ1) is 8.58. The Morgan fingerprint density at radius 3 is 2.72 bits per heavy atom. The van der Waals surface area contributed by atoms with Gasteiger partial charge >= 0.3 is 5.97 Å². The van der Waals surface area contributed by atoms with E-state index in [1.54, 1.807) is 12.1 Å². The number of pyridine rings is 1. The highest BCUT2D eigenvalue weighted by atomic mass is 35.5. The molecule has 0 spiro atoms. The van der Waals surface area contributed by atoms with Gasteiger partial charge in [0.1, 0.15) is 0 Å². The Morgan fingerprint density at radius 2 is 2.00 bits per heavy atom. The number of hydrogen-bond acceptors (Lipinski definition) is 4. The van der Waals surface area contributed by atoms with Gasteiger partial charge in [-0.25, -0.2) is 9.78 Å². The number of carboxylic acid groups (broad SMARTS) is 1. The predicted molar refractivity (Wildman–Crippen MR) is 71.9 cm³/mol. The highest BCUT2D eigenvalue weighted by Crippen LogP contribution is 2.36. The van der Waals surface area contributed by atoms with Crippen molar-refractivity contribution >= 4 is 61.6 Å². The van der Waals surface area contributed by atoms with Gasteiger partial charge in [0.25, 0.3) is 0 Å². The van der Waals surface area contributed by atoms with E-state index in [0.29, 0.717) is 20.9 Å². The summed E-state index contributed by atoms with van der Waals surface area (Å²) in [6.45, 7) is 0. The van der Waals surface area contributed by atoms with Gasteiger partial charge < -0.3 is 5.11 Å². The fourth-order valence-corrected chi connectivity index (χ4v) is 3.29. The van der Waals surface area contributed by atoms with Gasteiger partial charge in [-0.1, -0.05) is 23.2 Å². The van der Waals surface area contributed by atoms with Crippen LogP contribution in [0.1, 0.15) is 10.4 Å². The summed E-state index contributed by atoms with van der Waals surface area (Å²) >= 11 is 13.3. The topological polar surface area (TPSA) is 63.1 Å². The minimum atomic E-state index is -1.11. The molecule has 1 aromatic carbocycles. The van der Waals surface area contributed by atoms with E-state index in [-0.39, 0.29) is 10.6 Å². The van der Waals surface area contributed by atoms with Gasteiger partial charge in [-0.2, -0.15) is 0 Å².